The van der Waals surface area contributed by atoms with E-state index in [0.717, 1.165) is 24.3 Å². The van der Waals surface area contributed by atoms with Gasteiger partial charge in [-0.05, 0) is 53.1 Å². The Balaban J connectivity index is 1.62. The van der Waals surface area contributed by atoms with Crippen LogP contribution in [-0.4, -0.2) is 6.61 Å². The number of rotatable bonds is 7. The van der Waals surface area contributed by atoms with Crippen molar-refractivity contribution in [3.63, 3.8) is 0 Å². The van der Waals surface area contributed by atoms with E-state index in [9.17, 15) is 17.6 Å². The molecule has 1 nitrogen and oxygen atoms in total. The molecule has 0 aromatic heterocycles. The molecule has 0 fully saturated rings. The molecule has 4 aromatic rings. The van der Waals surface area contributed by atoms with Gasteiger partial charge in [-0.15, -0.1) is 0 Å². The summed E-state index contributed by atoms with van der Waals surface area (Å²) >= 11 is 5.50. The SMILES string of the molecule is C=CCOc1cc(F)c(-c2ccc3c(F)c(CCc4cc(F)c(Cl)c(F)c4)ccc3c2)c(F)c1. The van der Waals surface area contributed by atoms with Gasteiger partial charge in [0.25, 0.3) is 0 Å². The van der Waals surface area contributed by atoms with Crippen LogP contribution >= 0.6 is 11.6 Å². The van der Waals surface area contributed by atoms with Crippen molar-refractivity contribution in [2.75, 3.05) is 6.61 Å². The maximum atomic E-state index is 15.1. The van der Waals surface area contributed by atoms with Crippen LogP contribution < -0.4 is 4.74 Å². The highest BCUT2D eigenvalue weighted by Crippen LogP contribution is 2.33. The van der Waals surface area contributed by atoms with E-state index >= 15 is 4.39 Å². The molecule has 7 heteroatoms. The molecule has 4 aromatic carbocycles. The van der Waals surface area contributed by atoms with E-state index < -0.39 is 34.1 Å². The first kappa shape index (κ1) is 23.8. The Morgan fingerprint density at radius 2 is 1.47 bits per heavy atom. The highest BCUT2D eigenvalue weighted by Gasteiger charge is 2.16. The predicted octanol–water partition coefficient (Wildman–Crippen LogP) is 8.21. The average Bonchev–Trinajstić information content (AvgIpc) is 2.80. The monoisotopic (exact) mass is 488 g/mol. The van der Waals surface area contributed by atoms with Crippen LogP contribution in [-0.2, 0) is 12.8 Å². The number of aryl methyl sites for hydroxylation is 2. The van der Waals surface area contributed by atoms with Crippen LogP contribution in [0.5, 0.6) is 5.75 Å². The second-order valence-corrected chi connectivity index (χ2v) is 8.09. The highest BCUT2D eigenvalue weighted by molar-refractivity contribution is 6.30. The molecule has 0 radical (unpaired) electrons. The third-order valence-corrected chi connectivity index (χ3v) is 5.79. The zero-order valence-corrected chi connectivity index (χ0v) is 18.5. The van der Waals surface area contributed by atoms with Gasteiger partial charge in [-0.25, -0.2) is 22.0 Å². The summed E-state index contributed by atoms with van der Waals surface area (Å²) in [6.45, 7) is 3.60. The third kappa shape index (κ3) is 4.77. The molecule has 0 atom stereocenters. The Kier molecular flexibility index (Phi) is 6.89. The standard InChI is InChI=1S/C27H18ClF5O/c1-2-9-34-19-13-21(29)25(22(30)14-19)18-7-8-20-17(12-18)6-5-16(27(20)33)4-3-15-10-23(31)26(28)24(32)11-15/h2,5-8,10-14H,1,3-4,9H2. The maximum Gasteiger partial charge on any atom is 0.145 e. The second kappa shape index (κ2) is 9.85. The van der Waals surface area contributed by atoms with E-state index in [-0.39, 0.29) is 41.7 Å². The molecule has 0 aliphatic carbocycles. The van der Waals surface area contributed by atoms with Gasteiger partial charge in [0.05, 0.1) is 5.56 Å². The van der Waals surface area contributed by atoms with Gasteiger partial charge in [-0.2, -0.15) is 0 Å². The first-order chi connectivity index (χ1) is 16.3. The molecule has 0 saturated heterocycles. The van der Waals surface area contributed by atoms with E-state index in [4.69, 9.17) is 16.3 Å². The van der Waals surface area contributed by atoms with Crippen LogP contribution in [0.2, 0.25) is 5.02 Å². The molecule has 34 heavy (non-hydrogen) atoms. The van der Waals surface area contributed by atoms with Crippen LogP contribution in [0.1, 0.15) is 11.1 Å². The lowest BCUT2D eigenvalue weighted by atomic mass is 9.96. The van der Waals surface area contributed by atoms with E-state index in [2.05, 4.69) is 6.58 Å². The van der Waals surface area contributed by atoms with Gasteiger partial charge in [-0.3, -0.25) is 0 Å². The number of fused-ring (bicyclic) bond motifs is 1. The van der Waals surface area contributed by atoms with Gasteiger partial charge in [0, 0.05) is 17.5 Å². The Morgan fingerprint density at radius 3 is 2.12 bits per heavy atom. The smallest absolute Gasteiger partial charge is 0.145 e. The van der Waals surface area contributed by atoms with Crippen molar-refractivity contribution < 1.29 is 26.7 Å². The molecule has 0 heterocycles. The van der Waals surface area contributed by atoms with Crippen molar-refractivity contribution in [2.45, 2.75) is 12.8 Å². The highest BCUT2D eigenvalue weighted by atomic mass is 35.5. The summed E-state index contributed by atoms with van der Waals surface area (Å²) in [5, 5.41) is 0.137. The number of benzene rings is 4. The van der Waals surface area contributed by atoms with E-state index in [1.165, 1.54) is 24.3 Å². The summed E-state index contributed by atoms with van der Waals surface area (Å²) in [7, 11) is 0. The summed E-state index contributed by atoms with van der Waals surface area (Å²) < 4.78 is 76.9. The molecular weight excluding hydrogens is 471 g/mol. The molecule has 0 aliphatic heterocycles. The van der Waals surface area contributed by atoms with Gasteiger partial charge >= 0.3 is 0 Å². The molecule has 4 rings (SSSR count). The second-order valence-electron chi connectivity index (χ2n) is 7.71. The van der Waals surface area contributed by atoms with Gasteiger partial charge in [0.2, 0.25) is 0 Å². The summed E-state index contributed by atoms with van der Waals surface area (Å²) in [5.41, 5.74) is 0.693. The van der Waals surface area contributed by atoms with Gasteiger partial charge in [-0.1, -0.05) is 48.5 Å². The number of ether oxygens (including phenoxy) is 1. The van der Waals surface area contributed by atoms with E-state index in [1.54, 1.807) is 12.1 Å². The van der Waals surface area contributed by atoms with Gasteiger partial charge in [0.1, 0.15) is 46.5 Å². The Hall–Kier alpha value is -3.38. The zero-order valence-electron chi connectivity index (χ0n) is 17.8. The summed E-state index contributed by atoms with van der Waals surface area (Å²) in [6.07, 6.45) is 1.85. The molecule has 174 valence electrons. The summed E-state index contributed by atoms with van der Waals surface area (Å²) in [4.78, 5) is 0. The number of hydrogen-bond acceptors (Lipinski definition) is 1. The van der Waals surface area contributed by atoms with Crippen molar-refractivity contribution in [1.29, 1.82) is 0 Å². The van der Waals surface area contributed by atoms with Crippen molar-refractivity contribution in [3.05, 3.63) is 112 Å². The van der Waals surface area contributed by atoms with E-state index in [0.29, 0.717) is 16.5 Å². The van der Waals surface area contributed by atoms with Crippen LogP contribution in [0, 0.1) is 29.1 Å². The quantitative estimate of drug-likeness (QED) is 0.145. The molecule has 0 aliphatic rings. The fourth-order valence-electron chi connectivity index (χ4n) is 3.78. The van der Waals surface area contributed by atoms with Crippen LogP contribution in [0.15, 0.2) is 67.3 Å². The van der Waals surface area contributed by atoms with Crippen molar-refractivity contribution >= 4 is 22.4 Å². The minimum Gasteiger partial charge on any atom is -0.489 e. The molecular formula is C27H18ClF5O. The minimum atomic E-state index is -0.872. The lowest BCUT2D eigenvalue weighted by Gasteiger charge is -2.12. The molecule has 0 spiro atoms. The first-order valence-electron chi connectivity index (χ1n) is 10.4. The predicted molar refractivity (Wildman–Crippen MR) is 124 cm³/mol. The molecule has 0 saturated carbocycles. The lowest BCUT2D eigenvalue weighted by molar-refractivity contribution is 0.358. The van der Waals surface area contributed by atoms with Gasteiger partial charge in [0.15, 0.2) is 0 Å². The minimum absolute atomic E-state index is 0.0376. The molecule has 0 N–H and O–H groups in total. The average molecular weight is 489 g/mol. The largest absolute Gasteiger partial charge is 0.489 e. The van der Waals surface area contributed by atoms with Crippen LogP contribution in [0.3, 0.4) is 0 Å². The fraction of sp³-hybridized carbons (Fsp3) is 0.111. The van der Waals surface area contributed by atoms with Crippen LogP contribution in [0.4, 0.5) is 22.0 Å². The molecule has 0 unspecified atom stereocenters. The number of halogens is 6. The molecule has 0 amide bonds. The lowest BCUT2D eigenvalue weighted by Crippen LogP contribution is -1.99. The maximum absolute atomic E-state index is 15.1. The Morgan fingerprint density at radius 1 is 0.794 bits per heavy atom. The third-order valence-electron chi connectivity index (χ3n) is 5.43. The topological polar surface area (TPSA) is 9.23 Å². The first-order valence-corrected chi connectivity index (χ1v) is 10.7. The summed E-state index contributed by atoms with van der Waals surface area (Å²) in [6, 6.07) is 12.0. The zero-order chi connectivity index (χ0) is 24.4. The fourth-order valence-corrected chi connectivity index (χ4v) is 3.89. The van der Waals surface area contributed by atoms with Crippen molar-refractivity contribution in [1.82, 2.24) is 0 Å². The van der Waals surface area contributed by atoms with Gasteiger partial charge < -0.3 is 4.74 Å². The Bertz CT molecular complexity index is 1350. The molecule has 0 bridgehead atoms. The van der Waals surface area contributed by atoms with Crippen molar-refractivity contribution in [3.8, 4) is 16.9 Å². The number of hydrogen-bond donors (Lipinski definition) is 0. The normalized spacial score (nSPS) is 11.1. The van der Waals surface area contributed by atoms with Crippen molar-refractivity contribution in [2.24, 2.45) is 0 Å². The summed E-state index contributed by atoms with van der Waals surface area (Å²) in [5.74, 6) is -3.83. The van der Waals surface area contributed by atoms with Crippen LogP contribution in [0.25, 0.3) is 21.9 Å². The Labute approximate surface area is 198 Å². The van der Waals surface area contributed by atoms with E-state index in [1.807, 2.05) is 0 Å².